The van der Waals surface area contributed by atoms with Crippen molar-refractivity contribution in [3.8, 4) is 0 Å². The number of carbonyl (C=O) groups is 4. The topological polar surface area (TPSA) is 487 Å². The molecule has 0 fully saturated rings. The summed E-state index contributed by atoms with van der Waals surface area (Å²) >= 11 is 0. The molecule has 0 saturated heterocycles. The molecule has 0 spiro atoms. The average Bonchev–Trinajstić information content (AvgIpc) is 2.56. The molecule has 0 aromatic carbocycles. The maximum Gasteiger partial charge on any atom is 1.00 e. The molecule has 0 aliphatic rings. The SMILES string of the molecule is O=C([O-])C(C(C(=O)[O-])(S(=O)(=O)O)S(=O)(=O)O)S(=O)(=O)O.O=C([O-])C(C(C(=O)[O-])(S(=O)(=O)O)S(=O)(=O)O)S(=O)(=O)O.[K+].[K+].[K+].[K+]. The number of hydrogen-bond donors (Lipinski definition) is 6. The molecule has 0 bridgehead atoms. The van der Waals surface area contributed by atoms with Crippen molar-refractivity contribution in [2.45, 2.75) is 18.7 Å². The van der Waals surface area contributed by atoms with E-state index in [9.17, 15) is 90.1 Å². The van der Waals surface area contributed by atoms with E-state index in [2.05, 4.69) is 0 Å². The maximum atomic E-state index is 10.9. The van der Waals surface area contributed by atoms with E-state index in [1.54, 1.807) is 0 Å². The monoisotopic (exact) mass is 868 g/mol. The van der Waals surface area contributed by atoms with E-state index >= 15 is 0 Å². The van der Waals surface area contributed by atoms with Gasteiger partial charge in [0.15, 0.2) is 10.5 Å². The number of aliphatic carboxylic acids is 4. The predicted molar refractivity (Wildman–Crippen MR) is 102 cm³/mol. The molecular formula is C8H8K4O26S6. The summed E-state index contributed by atoms with van der Waals surface area (Å²) in [7, 11) is -39.3. The van der Waals surface area contributed by atoms with Crippen LogP contribution in [-0.4, -0.2) is 120 Å². The molecule has 0 aliphatic carbocycles. The zero-order chi connectivity index (χ0) is 33.5. The van der Waals surface area contributed by atoms with Crippen molar-refractivity contribution in [2.24, 2.45) is 0 Å². The normalized spacial score (nSPS) is 14.1. The van der Waals surface area contributed by atoms with Gasteiger partial charge in [0.1, 0.15) is 0 Å². The van der Waals surface area contributed by atoms with Crippen LogP contribution in [-0.2, 0) is 79.9 Å². The van der Waals surface area contributed by atoms with Gasteiger partial charge in [-0.25, -0.2) is 0 Å². The predicted octanol–water partition coefficient (Wildman–Crippen LogP) is -23.6. The van der Waals surface area contributed by atoms with Crippen LogP contribution in [0.1, 0.15) is 0 Å². The molecule has 6 N–H and O–H groups in total. The molecule has 0 aromatic rings. The van der Waals surface area contributed by atoms with Gasteiger partial charge in [0, 0.05) is 0 Å². The van der Waals surface area contributed by atoms with E-state index in [-0.39, 0.29) is 206 Å². The summed E-state index contributed by atoms with van der Waals surface area (Å²) in [4.78, 5) is 42.3. The van der Waals surface area contributed by atoms with Crippen LogP contribution in [0.15, 0.2) is 0 Å². The molecule has 0 aliphatic heterocycles. The molecule has 236 valence electrons. The summed E-state index contributed by atoms with van der Waals surface area (Å²) in [6, 6.07) is 0. The molecule has 36 heteroatoms. The number of hydrogen-bond acceptors (Lipinski definition) is 20. The Labute approximate surface area is 416 Å². The van der Waals surface area contributed by atoms with Crippen molar-refractivity contribution in [2.75, 3.05) is 0 Å². The van der Waals surface area contributed by atoms with Crippen LogP contribution in [0.4, 0.5) is 0 Å². The van der Waals surface area contributed by atoms with Crippen LogP contribution in [0, 0.1) is 0 Å². The van der Waals surface area contributed by atoms with Crippen LogP contribution < -0.4 is 226 Å². The number of carboxylic acid groups (broad SMARTS) is 4. The van der Waals surface area contributed by atoms with Gasteiger partial charge < -0.3 is 39.6 Å². The Balaban J connectivity index is -0.000000150. The van der Waals surface area contributed by atoms with Gasteiger partial charge in [-0.05, 0) is 0 Å². The van der Waals surface area contributed by atoms with Gasteiger partial charge in [0.2, 0.25) is 0 Å². The van der Waals surface area contributed by atoms with E-state index in [4.69, 9.17) is 27.3 Å². The molecule has 0 heterocycles. The second-order valence-corrected chi connectivity index (χ2v) is 16.1. The van der Waals surface area contributed by atoms with Gasteiger partial charge >= 0.3 is 206 Å². The number of carboxylic acids is 4. The minimum Gasteiger partial charge on any atom is -0.549 e. The first kappa shape index (κ1) is 60.0. The first-order valence-electron chi connectivity index (χ1n) is 7.67. The first-order valence-corrected chi connectivity index (χ1v) is 16.4. The van der Waals surface area contributed by atoms with Crippen molar-refractivity contribution >= 4 is 84.6 Å². The Kier molecular flexibility index (Phi) is 27.6. The standard InChI is InChI=1S/2C4H6O13S3.4K/c2*5-2(6)1(18(9,10)11)4(3(7)8,19(12,13)14)20(15,16)17;;;;/h2*1H,(H,5,6)(H,7,8)(H,9,10,11)(H,12,13,14)(H,15,16,17);;;;/q;;4*+1/p-4. The van der Waals surface area contributed by atoms with E-state index in [1.165, 1.54) is 0 Å². The summed E-state index contributed by atoms with van der Waals surface area (Å²) in [5.74, 6) is -13.6. The maximum absolute atomic E-state index is 10.9. The fourth-order valence-corrected chi connectivity index (χ4v) is 11.2. The van der Waals surface area contributed by atoms with E-state index in [0.29, 0.717) is 0 Å². The number of carbonyl (C=O) groups excluding carboxylic acids is 4. The fourth-order valence-electron chi connectivity index (χ4n) is 2.39. The van der Waals surface area contributed by atoms with Crippen LogP contribution >= 0.6 is 0 Å². The van der Waals surface area contributed by atoms with Crippen molar-refractivity contribution in [3.63, 3.8) is 0 Å². The average molecular weight is 869 g/mol. The molecule has 2 unspecified atom stereocenters. The fraction of sp³-hybridized carbons (Fsp3) is 0.500. The molecular weight excluding hydrogens is 861 g/mol. The third-order valence-electron chi connectivity index (χ3n) is 3.82. The van der Waals surface area contributed by atoms with Gasteiger partial charge in [-0.1, -0.05) is 0 Å². The summed E-state index contributed by atoms with van der Waals surface area (Å²) in [5, 5.41) is 33.7. The summed E-state index contributed by atoms with van der Waals surface area (Å²) in [5.41, 5.74) is 0. The zero-order valence-electron chi connectivity index (χ0n) is 21.5. The Morgan fingerprint density at radius 2 is 0.545 bits per heavy atom. The largest absolute Gasteiger partial charge is 1.00 e. The zero-order valence-corrected chi connectivity index (χ0v) is 38.8. The van der Waals surface area contributed by atoms with E-state index in [1.807, 2.05) is 0 Å². The van der Waals surface area contributed by atoms with Gasteiger partial charge in [-0.3, -0.25) is 27.3 Å². The molecule has 44 heavy (non-hydrogen) atoms. The minimum absolute atomic E-state index is 0. The van der Waals surface area contributed by atoms with Crippen LogP contribution in [0.3, 0.4) is 0 Å². The van der Waals surface area contributed by atoms with Crippen molar-refractivity contribution < 1.29 is 323 Å². The van der Waals surface area contributed by atoms with E-state index in [0.717, 1.165) is 0 Å². The molecule has 26 nitrogen and oxygen atoms in total. The third-order valence-corrected chi connectivity index (χ3v) is 13.9. The van der Waals surface area contributed by atoms with Crippen molar-refractivity contribution in [1.82, 2.24) is 0 Å². The Bertz CT molecular complexity index is 1560. The Morgan fingerprint density at radius 1 is 0.409 bits per heavy atom. The summed E-state index contributed by atoms with van der Waals surface area (Å²) in [6.07, 6.45) is 0. The van der Waals surface area contributed by atoms with E-state index < -0.39 is 103 Å². The smallest absolute Gasteiger partial charge is 0.549 e. The van der Waals surface area contributed by atoms with Crippen molar-refractivity contribution in [3.05, 3.63) is 0 Å². The van der Waals surface area contributed by atoms with Crippen LogP contribution in [0.5, 0.6) is 0 Å². The molecule has 2 atom stereocenters. The molecule has 0 saturated carbocycles. The second kappa shape index (κ2) is 20.2. The van der Waals surface area contributed by atoms with Gasteiger partial charge in [0.25, 0.3) is 68.9 Å². The van der Waals surface area contributed by atoms with Crippen LogP contribution in [0.25, 0.3) is 0 Å². The van der Waals surface area contributed by atoms with Gasteiger partial charge in [-0.15, -0.1) is 0 Å². The molecule has 0 aromatic heterocycles. The van der Waals surface area contributed by atoms with Crippen LogP contribution in [0.2, 0.25) is 0 Å². The van der Waals surface area contributed by atoms with Crippen molar-refractivity contribution in [1.29, 1.82) is 0 Å². The Hall–Kier alpha value is 3.89. The summed E-state index contributed by atoms with van der Waals surface area (Å²) < 4.78 is 170. The quantitative estimate of drug-likeness (QED) is 0.0783. The van der Waals surface area contributed by atoms with Gasteiger partial charge in [0.05, 0.1) is 23.9 Å². The minimum atomic E-state index is -6.67. The summed E-state index contributed by atoms with van der Waals surface area (Å²) in [6.45, 7) is 0. The molecule has 0 rings (SSSR count). The molecule has 0 amide bonds. The Morgan fingerprint density at radius 3 is 0.568 bits per heavy atom. The number of rotatable bonds is 12. The second-order valence-electron chi connectivity index (χ2n) is 6.24. The molecule has 0 radical (unpaired) electrons. The third kappa shape index (κ3) is 13.1. The van der Waals surface area contributed by atoms with Gasteiger partial charge in [-0.2, -0.15) is 50.5 Å². The first-order chi connectivity index (χ1) is 17.0.